The maximum Gasteiger partial charge on any atom is 0.0621 e. The van der Waals surface area contributed by atoms with Crippen LogP contribution in [0.1, 0.15) is 86.0 Å². The van der Waals surface area contributed by atoms with Gasteiger partial charge < -0.3 is 26.3 Å². The fourth-order valence-corrected chi connectivity index (χ4v) is 6.57. The molecule has 5 heteroatoms. The van der Waals surface area contributed by atoms with Crippen LogP contribution in [-0.2, 0) is 4.79 Å². The largest absolute Gasteiger partial charge is 0.550 e. The zero-order valence-electron chi connectivity index (χ0n) is 20.7. The number of aliphatic carboxylic acids is 1. The highest BCUT2D eigenvalue weighted by Gasteiger charge is 2.56. The highest BCUT2D eigenvalue weighted by molar-refractivity contribution is 5.60. The van der Waals surface area contributed by atoms with Crippen molar-refractivity contribution in [3.8, 4) is 0 Å². The van der Waals surface area contributed by atoms with Crippen molar-refractivity contribution in [2.75, 3.05) is 0 Å². The van der Waals surface area contributed by atoms with Crippen molar-refractivity contribution >= 4 is 5.97 Å². The summed E-state index contributed by atoms with van der Waals surface area (Å²) in [5.41, 5.74) is 1.70. The standard InChI is InChI=1S/C24H40O2.C2H4O2.H3N/c1-16(2)7-6-8-19-20-10-9-17(3)23(20,4)14-12-21(19)24(5)13-11-18(25)15-22(24)26;1-2(3)4;/h6-7,16,18-22,25-26H,3,8-15H2,1-2,4-5H3;1H3,(H,3,4);1H3/b7-6+;;/t18-,19+,20?,21?,22-,23-,24+;;/m0../s1. The zero-order chi connectivity index (χ0) is 22.7. The number of hydrogen-bond acceptors (Lipinski definition) is 4. The summed E-state index contributed by atoms with van der Waals surface area (Å²) in [4.78, 5) is 8.89. The second-order valence-electron chi connectivity index (χ2n) is 10.8. The van der Waals surface area contributed by atoms with Crippen molar-refractivity contribution in [1.82, 2.24) is 6.15 Å². The summed E-state index contributed by atoms with van der Waals surface area (Å²) < 4.78 is 0. The minimum absolute atomic E-state index is 0. The van der Waals surface area contributed by atoms with Crippen molar-refractivity contribution in [2.24, 2.45) is 34.5 Å². The molecular formula is C26H47NO4. The topological polar surface area (TPSA) is 117 Å². The monoisotopic (exact) mass is 437 g/mol. The molecule has 5 nitrogen and oxygen atoms in total. The van der Waals surface area contributed by atoms with E-state index in [-0.39, 0.29) is 23.8 Å². The van der Waals surface area contributed by atoms with E-state index in [2.05, 4.69) is 46.4 Å². The average molecular weight is 438 g/mol. The maximum absolute atomic E-state index is 10.9. The number of carboxylic acids is 1. The van der Waals surface area contributed by atoms with Crippen molar-refractivity contribution in [3.05, 3.63) is 24.3 Å². The van der Waals surface area contributed by atoms with Gasteiger partial charge >= 0.3 is 0 Å². The first-order chi connectivity index (χ1) is 13.9. The predicted molar refractivity (Wildman–Crippen MR) is 125 cm³/mol. The smallest absolute Gasteiger partial charge is 0.0621 e. The SMILES string of the molecule is C=C1CCC2[C@@H](C/C=C/C(C)C)C([C@@]3(C)CC[C@H](O)C[C@@H]3O)CC[C@@]12C.CC(=O)[O-].[NH4+]. The van der Waals surface area contributed by atoms with E-state index in [0.29, 0.717) is 35.5 Å². The molecular weight excluding hydrogens is 390 g/mol. The quantitative estimate of drug-likeness (QED) is 0.556. The van der Waals surface area contributed by atoms with Crippen LogP contribution in [0.2, 0.25) is 0 Å². The highest BCUT2D eigenvalue weighted by atomic mass is 16.4. The van der Waals surface area contributed by atoms with Gasteiger partial charge in [-0.15, -0.1) is 0 Å². The summed E-state index contributed by atoms with van der Waals surface area (Å²) in [7, 11) is 0. The number of carboxylic acid groups (broad SMARTS) is 1. The normalized spacial score (nSPS) is 40.1. The van der Waals surface area contributed by atoms with Crippen molar-refractivity contribution in [1.29, 1.82) is 0 Å². The zero-order valence-corrected chi connectivity index (χ0v) is 20.7. The number of carbonyl (C=O) groups is 1. The first-order valence-corrected chi connectivity index (χ1v) is 11.8. The number of aliphatic hydroxyl groups excluding tert-OH is 2. The Morgan fingerprint density at radius 3 is 2.35 bits per heavy atom. The third-order valence-corrected chi connectivity index (χ3v) is 8.44. The first kappa shape index (κ1) is 27.9. The van der Waals surface area contributed by atoms with E-state index in [4.69, 9.17) is 9.90 Å². The third kappa shape index (κ3) is 6.21. The van der Waals surface area contributed by atoms with E-state index >= 15 is 0 Å². The molecule has 3 aliphatic rings. The lowest BCUT2D eigenvalue weighted by molar-refractivity contribution is -0.302. The molecule has 0 aromatic rings. The first-order valence-electron chi connectivity index (χ1n) is 11.8. The van der Waals surface area contributed by atoms with Gasteiger partial charge in [0, 0.05) is 5.97 Å². The van der Waals surface area contributed by atoms with Crippen molar-refractivity contribution in [2.45, 2.75) is 98.2 Å². The van der Waals surface area contributed by atoms with Crippen LogP contribution in [0.4, 0.5) is 0 Å². The van der Waals surface area contributed by atoms with Gasteiger partial charge in [-0.3, -0.25) is 0 Å². The molecule has 6 N–H and O–H groups in total. The molecule has 3 fully saturated rings. The second kappa shape index (κ2) is 11.1. The Balaban J connectivity index is 0.000000885. The van der Waals surface area contributed by atoms with E-state index in [9.17, 15) is 10.2 Å². The lowest BCUT2D eigenvalue weighted by atomic mass is 9.50. The fraction of sp³-hybridized carbons (Fsp3) is 0.808. The van der Waals surface area contributed by atoms with Crippen LogP contribution >= 0.6 is 0 Å². The molecule has 0 spiro atoms. The molecule has 180 valence electrons. The van der Waals surface area contributed by atoms with Gasteiger partial charge in [-0.1, -0.05) is 52.0 Å². The van der Waals surface area contributed by atoms with Gasteiger partial charge in [0.05, 0.1) is 12.2 Å². The minimum Gasteiger partial charge on any atom is -0.550 e. The Morgan fingerprint density at radius 2 is 1.81 bits per heavy atom. The molecule has 0 radical (unpaired) electrons. The Kier molecular flexibility index (Phi) is 9.99. The van der Waals surface area contributed by atoms with Crippen molar-refractivity contribution < 1.29 is 20.1 Å². The van der Waals surface area contributed by atoms with Crippen LogP contribution in [0.5, 0.6) is 0 Å². The van der Waals surface area contributed by atoms with E-state index in [0.717, 1.165) is 26.2 Å². The lowest BCUT2D eigenvalue weighted by Gasteiger charge is -2.55. The maximum atomic E-state index is 10.9. The van der Waals surface area contributed by atoms with Gasteiger partial charge in [-0.2, -0.15) is 0 Å². The molecule has 7 atom stereocenters. The molecule has 0 heterocycles. The number of rotatable bonds is 4. The predicted octanol–water partition coefficient (Wildman–Crippen LogP) is 4.63. The number of fused-ring (bicyclic) bond motifs is 1. The van der Waals surface area contributed by atoms with Crippen LogP contribution in [0.25, 0.3) is 0 Å². The summed E-state index contributed by atoms with van der Waals surface area (Å²) in [6.07, 6.45) is 12.4. The van der Waals surface area contributed by atoms with Gasteiger partial charge in [0.1, 0.15) is 0 Å². The van der Waals surface area contributed by atoms with Crippen LogP contribution in [-0.4, -0.2) is 28.4 Å². The summed E-state index contributed by atoms with van der Waals surface area (Å²) in [6.45, 7) is 14.6. The van der Waals surface area contributed by atoms with Gasteiger partial charge in [-0.25, -0.2) is 0 Å². The molecule has 3 saturated carbocycles. The third-order valence-electron chi connectivity index (χ3n) is 8.44. The molecule has 0 bridgehead atoms. The van der Waals surface area contributed by atoms with E-state index in [1.54, 1.807) is 0 Å². The van der Waals surface area contributed by atoms with E-state index < -0.39 is 5.97 Å². The summed E-state index contributed by atoms with van der Waals surface area (Å²) >= 11 is 0. The Morgan fingerprint density at radius 1 is 1.19 bits per heavy atom. The average Bonchev–Trinajstić information content (AvgIpc) is 2.93. The van der Waals surface area contributed by atoms with Crippen molar-refractivity contribution in [3.63, 3.8) is 0 Å². The minimum atomic E-state index is -1.08. The molecule has 2 unspecified atom stereocenters. The number of allylic oxidation sites excluding steroid dienone is 3. The molecule has 0 aliphatic heterocycles. The van der Waals surface area contributed by atoms with Gasteiger partial charge in [0.2, 0.25) is 0 Å². The Hall–Kier alpha value is -1.17. The number of hydrogen-bond donors (Lipinski definition) is 3. The summed E-state index contributed by atoms with van der Waals surface area (Å²) in [5.74, 6) is 1.37. The lowest BCUT2D eigenvalue weighted by Crippen LogP contribution is -2.52. The number of carbonyl (C=O) groups excluding carboxylic acids is 1. The van der Waals surface area contributed by atoms with Crippen LogP contribution < -0.4 is 11.3 Å². The summed E-state index contributed by atoms with van der Waals surface area (Å²) in [5, 5.41) is 29.9. The van der Waals surface area contributed by atoms with Gasteiger partial charge in [-0.05, 0) is 92.8 Å². The Labute approximate surface area is 189 Å². The molecule has 3 aliphatic carbocycles. The van der Waals surface area contributed by atoms with Crippen LogP contribution in [0.15, 0.2) is 24.3 Å². The van der Waals surface area contributed by atoms with Crippen LogP contribution in [0, 0.1) is 34.5 Å². The molecule has 0 aromatic heterocycles. The van der Waals surface area contributed by atoms with E-state index in [1.165, 1.54) is 31.3 Å². The Bertz CT molecular complexity index is 641. The number of quaternary nitrogens is 1. The van der Waals surface area contributed by atoms with Gasteiger partial charge in [0.25, 0.3) is 0 Å². The summed E-state index contributed by atoms with van der Waals surface area (Å²) in [6, 6.07) is 0. The molecule has 0 aromatic carbocycles. The highest BCUT2D eigenvalue weighted by Crippen LogP contribution is 2.63. The van der Waals surface area contributed by atoms with E-state index in [1.807, 2.05) is 0 Å². The molecule has 0 amide bonds. The molecule has 31 heavy (non-hydrogen) atoms. The fourth-order valence-electron chi connectivity index (χ4n) is 6.57. The second-order valence-corrected chi connectivity index (χ2v) is 10.8. The molecule has 0 saturated heterocycles. The van der Waals surface area contributed by atoms with Crippen LogP contribution in [0.3, 0.4) is 0 Å². The molecule has 3 rings (SSSR count). The van der Waals surface area contributed by atoms with Gasteiger partial charge in [0.15, 0.2) is 0 Å². The number of aliphatic hydroxyl groups is 2.